The summed E-state index contributed by atoms with van der Waals surface area (Å²) in [6.45, 7) is 2.20. The molecule has 0 aliphatic heterocycles. The third-order valence-electron chi connectivity index (χ3n) is 5.16. The summed E-state index contributed by atoms with van der Waals surface area (Å²) in [7, 11) is 0. The van der Waals surface area contributed by atoms with E-state index in [1.54, 1.807) is 0 Å². The number of benzene rings is 1. The number of allylic oxidation sites excluding steroid dienone is 2. The zero-order valence-corrected chi connectivity index (χ0v) is 13.7. The maximum atomic E-state index is 12.0. The quantitative estimate of drug-likeness (QED) is 0.765. The fourth-order valence-corrected chi connectivity index (χ4v) is 4.74. The van der Waals surface area contributed by atoms with E-state index in [0.29, 0.717) is 16.7 Å². The molecule has 0 radical (unpaired) electrons. The maximum absolute atomic E-state index is 12.0. The molecule has 1 fully saturated rings. The molecular weight excluding hydrogens is 292 g/mol. The second-order valence-electron chi connectivity index (χ2n) is 7.03. The molecule has 0 aromatic heterocycles. The van der Waals surface area contributed by atoms with Crippen molar-refractivity contribution in [3.8, 4) is 0 Å². The van der Waals surface area contributed by atoms with Crippen LogP contribution in [0.5, 0.6) is 0 Å². The van der Waals surface area contributed by atoms with Gasteiger partial charge in [0.25, 0.3) is 0 Å². The lowest BCUT2D eigenvalue weighted by Crippen LogP contribution is -2.04. The highest BCUT2D eigenvalue weighted by Crippen LogP contribution is 2.43. The van der Waals surface area contributed by atoms with Crippen molar-refractivity contribution in [1.82, 2.24) is 0 Å². The maximum Gasteiger partial charge on any atom is 0.0362 e. The van der Waals surface area contributed by atoms with Crippen molar-refractivity contribution in [3.05, 3.63) is 40.0 Å². The molecule has 1 aromatic carbocycles. The van der Waals surface area contributed by atoms with E-state index in [-0.39, 0.29) is 0 Å². The van der Waals surface area contributed by atoms with Gasteiger partial charge in [-0.1, -0.05) is 36.8 Å². The van der Waals surface area contributed by atoms with Crippen LogP contribution >= 0.6 is 0 Å². The summed E-state index contributed by atoms with van der Waals surface area (Å²) in [5.41, 5.74) is 5.78. The molecule has 0 saturated heterocycles. The lowest BCUT2D eigenvalue weighted by Gasteiger charge is -2.20. The Kier molecular flexibility index (Phi) is 3.58. The molecule has 116 valence electrons. The van der Waals surface area contributed by atoms with Gasteiger partial charge in [0.2, 0.25) is 0 Å². The van der Waals surface area contributed by atoms with Gasteiger partial charge in [-0.15, -0.1) is 0 Å². The molecule has 0 spiro atoms. The van der Waals surface area contributed by atoms with Crippen LogP contribution in [0, 0.1) is 11.8 Å². The largest absolute Gasteiger partial charge is 0.768 e. The van der Waals surface area contributed by atoms with E-state index >= 15 is 0 Å². The van der Waals surface area contributed by atoms with Crippen LogP contribution < -0.4 is 0 Å². The van der Waals surface area contributed by atoms with Crippen molar-refractivity contribution in [2.75, 3.05) is 0 Å². The first kappa shape index (κ1) is 14.4. The summed E-state index contributed by atoms with van der Waals surface area (Å²) in [5.74, 6) is 1.24. The Bertz CT molecular complexity index is 711. The molecule has 2 nitrogen and oxygen atoms in total. The lowest BCUT2D eigenvalue weighted by molar-refractivity contribution is 0.535. The standard InChI is InChI=1S/C19H22O2S/c1-12-8-16-10-15-5-3-2-4-14(13-6-7-13)11-18(15)19(22(20)21)17(16)9-12/h3,5,10-13H,2,4,6-9H2,1H3,(H,20,21)/p-1/b5-3?,14-11+. The normalized spacial score (nSPS) is 27.4. The Morgan fingerprint density at radius 2 is 2.09 bits per heavy atom. The van der Waals surface area contributed by atoms with Gasteiger partial charge in [0.1, 0.15) is 0 Å². The van der Waals surface area contributed by atoms with Crippen molar-refractivity contribution >= 4 is 23.2 Å². The Hall–Kier alpha value is -1.19. The van der Waals surface area contributed by atoms with Crippen molar-refractivity contribution < 1.29 is 8.76 Å². The molecule has 4 rings (SSSR count). The van der Waals surface area contributed by atoms with Crippen molar-refractivity contribution in [3.63, 3.8) is 0 Å². The van der Waals surface area contributed by atoms with Crippen LogP contribution in [0.15, 0.2) is 22.6 Å². The van der Waals surface area contributed by atoms with E-state index in [0.717, 1.165) is 42.4 Å². The highest BCUT2D eigenvalue weighted by atomic mass is 32.2. The summed E-state index contributed by atoms with van der Waals surface area (Å²) in [6.07, 6.45) is 13.1. The van der Waals surface area contributed by atoms with E-state index in [2.05, 4.69) is 31.2 Å². The molecule has 0 bridgehead atoms. The zero-order chi connectivity index (χ0) is 15.3. The highest BCUT2D eigenvalue weighted by Gasteiger charge is 2.28. The van der Waals surface area contributed by atoms with Crippen LogP contribution in [0.2, 0.25) is 0 Å². The van der Waals surface area contributed by atoms with Crippen LogP contribution in [0.4, 0.5) is 0 Å². The predicted octanol–water partition coefficient (Wildman–Crippen LogP) is 4.26. The third kappa shape index (κ3) is 2.50. The smallest absolute Gasteiger partial charge is 0.0362 e. The summed E-state index contributed by atoms with van der Waals surface area (Å²) >= 11 is -2.16. The molecule has 0 amide bonds. The topological polar surface area (TPSA) is 40.1 Å². The Morgan fingerprint density at radius 3 is 2.82 bits per heavy atom. The first-order chi connectivity index (χ1) is 10.6. The molecule has 2 atom stereocenters. The molecule has 0 heterocycles. The van der Waals surface area contributed by atoms with Gasteiger partial charge in [0.05, 0.1) is 0 Å². The lowest BCUT2D eigenvalue weighted by atomic mass is 9.93. The minimum atomic E-state index is -2.16. The average Bonchev–Trinajstić information content (AvgIpc) is 3.20. The van der Waals surface area contributed by atoms with E-state index < -0.39 is 11.1 Å². The molecule has 1 saturated carbocycles. The number of rotatable bonds is 2. The van der Waals surface area contributed by atoms with E-state index in [1.807, 2.05) is 0 Å². The first-order valence-corrected chi connectivity index (χ1v) is 9.36. The summed E-state index contributed by atoms with van der Waals surface area (Å²) < 4.78 is 24.0. The van der Waals surface area contributed by atoms with Crippen LogP contribution in [0.25, 0.3) is 12.2 Å². The second kappa shape index (κ2) is 5.47. The summed E-state index contributed by atoms with van der Waals surface area (Å²) in [5, 5.41) is 0. The first-order valence-electron chi connectivity index (χ1n) is 8.28. The molecule has 2 unspecified atom stereocenters. The molecule has 1 aromatic rings. The minimum absolute atomic E-state index is 0.543. The van der Waals surface area contributed by atoms with Crippen LogP contribution in [0.1, 0.15) is 54.9 Å². The average molecular weight is 313 g/mol. The number of fused-ring (bicyclic) bond motifs is 2. The Labute approximate surface area is 134 Å². The molecule has 3 aliphatic rings. The van der Waals surface area contributed by atoms with Gasteiger partial charge in [0, 0.05) is 4.90 Å². The molecule has 0 N–H and O–H groups in total. The SMILES string of the molecule is CC1Cc2cc3c(c(S(=O)[O-])c2C1)/C=C(/C1CC1)CCC=C3. The van der Waals surface area contributed by atoms with Crippen LogP contribution in [-0.2, 0) is 23.9 Å². The van der Waals surface area contributed by atoms with Gasteiger partial charge < -0.3 is 4.55 Å². The number of hydrogen-bond donors (Lipinski definition) is 0. The Morgan fingerprint density at radius 1 is 1.27 bits per heavy atom. The molecule has 3 heteroatoms. The van der Waals surface area contributed by atoms with Crippen molar-refractivity contribution in [2.24, 2.45) is 11.8 Å². The van der Waals surface area contributed by atoms with Gasteiger partial charge in [-0.3, -0.25) is 4.21 Å². The van der Waals surface area contributed by atoms with Gasteiger partial charge in [-0.05, 0) is 83.7 Å². The summed E-state index contributed by atoms with van der Waals surface area (Å²) in [4.78, 5) is 0.571. The minimum Gasteiger partial charge on any atom is -0.768 e. The second-order valence-corrected chi connectivity index (χ2v) is 7.91. The molecular formula is C19H21O2S-. The molecule has 22 heavy (non-hydrogen) atoms. The fraction of sp³-hybridized carbons (Fsp3) is 0.474. The number of hydrogen-bond acceptors (Lipinski definition) is 2. The third-order valence-corrected chi connectivity index (χ3v) is 5.96. The predicted molar refractivity (Wildman–Crippen MR) is 89.2 cm³/mol. The van der Waals surface area contributed by atoms with E-state index in [1.165, 1.54) is 24.0 Å². The zero-order valence-electron chi connectivity index (χ0n) is 12.9. The fourth-order valence-electron chi connectivity index (χ4n) is 3.97. The molecule has 3 aliphatic carbocycles. The van der Waals surface area contributed by atoms with E-state index in [9.17, 15) is 8.76 Å². The summed E-state index contributed by atoms with van der Waals surface area (Å²) in [6, 6.07) is 2.23. The van der Waals surface area contributed by atoms with Gasteiger partial charge >= 0.3 is 0 Å². The Balaban J connectivity index is 1.95. The monoisotopic (exact) mass is 313 g/mol. The van der Waals surface area contributed by atoms with E-state index in [4.69, 9.17) is 0 Å². The highest BCUT2D eigenvalue weighted by molar-refractivity contribution is 7.79. The van der Waals surface area contributed by atoms with Crippen molar-refractivity contribution in [2.45, 2.75) is 50.3 Å². The van der Waals surface area contributed by atoms with Crippen molar-refractivity contribution in [1.29, 1.82) is 0 Å². The van der Waals surface area contributed by atoms with Gasteiger partial charge in [-0.2, -0.15) is 0 Å². The van der Waals surface area contributed by atoms with Crippen LogP contribution in [0.3, 0.4) is 0 Å². The van der Waals surface area contributed by atoms with Gasteiger partial charge in [-0.25, -0.2) is 0 Å². The van der Waals surface area contributed by atoms with Crippen LogP contribution in [-0.4, -0.2) is 8.76 Å². The van der Waals surface area contributed by atoms with Gasteiger partial charge in [0.15, 0.2) is 0 Å².